The number of nitrogen functional groups attached to an aromatic ring is 1. The Morgan fingerprint density at radius 3 is 2.55 bits per heavy atom. The Bertz CT molecular complexity index is 743. The van der Waals surface area contributed by atoms with E-state index in [1.165, 1.54) is 0 Å². The molecule has 0 aliphatic rings. The van der Waals surface area contributed by atoms with Crippen LogP contribution in [-0.4, -0.2) is 43.5 Å². The number of nitrogens with zero attached hydrogens (tertiary/aromatic N) is 3. The van der Waals surface area contributed by atoms with Gasteiger partial charge in [0.25, 0.3) is 5.56 Å². The summed E-state index contributed by atoms with van der Waals surface area (Å²) < 4.78 is 22.1. The van der Waals surface area contributed by atoms with Crippen LogP contribution in [0.15, 0.2) is 11.1 Å². The molecule has 2 aromatic rings. The van der Waals surface area contributed by atoms with Gasteiger partial charge >= 0.3 is 13.2 Å². The molecule has 0 aliphatic heterocycles. The summed E-state index contributed by atoms with van der Waals surface area (Å²) in [4.78, 5) is 40.3. The Kier molecular flexibility index (Phi) is 3.40. The first-order chi connectivity index (χ1) is 9.26. The minimum atomic E-state index is -4.94. The SMILES string of the molecule is COC(OC)(n1cnc2c(=O)[nH]c(N)nc21)P(=O)(O)O. The number of anilines is 1. The number of aromatic nitrogens is 4. The molecule has 0 atom stereocenters. The van der Waals surface area contributed by atoms with Crippen LogP contribution in [0, 0.1) is 0 Å². The van der Waals surface area contributed by atoms with E-state index in [0.29, 0.717) is 0 Å². The number of rotatable bonds is 4. The minimum Gasteiger partial charge on any atom is -0.369 e. The number of nitrogens with one attached hydrogen (secondary N) is 1. The summed E-state index contributed by atoms with van der Waals surface area (Å²) >= 11 is 0. The van der Waals surface area contributed by atoms with Crippen LogP contribution in [0.25, 0.3) is 11.2 Å². The molecule has 0 fully saturated rings. The van der Waals surface area contributed by atoms with Crippen LogP contribution in [0.2, 0.25) is 0 Å². The predicted molar refractivity (Wildman–Crippen MR) is 66.6 cm³/mol. The molecule has 12 heteroatoms. The fourth-order valence-electron chi connectivity index (χ4n) is 1.79. The summed E-state index contributed by atoms with van der Waals surface area (Å²) in [6.45, 7) is 0. The van der Waals surface area contributed by atoms with Crippen molar-refractivity contribution in [1.82, 2.24) is 19.5 Å². The van der Waals surface area contributed by atoms with Gasteiger partial charge in [0.05, 0.1) is 0 Å². The lowest BCUT2D eigenvalue weighted by Crippen LogP contribution is -2.37. The van der Waals surface area contributed by atoms with E-state index in [4.69, 9.17) is 15.2 Å². The third-order valence-corrected chi connectivity index (χ3v) is 3.95. The summed E-state index contributed by atoms with van der Waals surface area (Å²) in [5.41, 5.74) is 1.92. The number of nitrogens with two attached hydrogens (primary N) is 1. The number of H-pyrrole nitrogens is 1. The van der Waals surface area contributed by atoms with Crippen LogP contribution in [0.1, 0.15) is 0 Å². The van der Waals surface area contributed by atoms with Crippen LogP contribution in [0.4, 0.5) is 5.95 Å². The second-order valence-corrected chi connectivity index (χ2v) is 5.39. The fourth-order valence-corrected chi connectivity index (χ4v) is 2.69. The molecule has 110 valence electrons. The van der Waals surface area contributed by atoms with Gasteiger partial charge in [-0.1, -0.05) is 0 Å². The predicted octanol–water partition coefficient (Wildman–Crippen LogP) is -1.26. The largest absolute Gasteiger partial charge is 0.408 e. The summed E-state index contributed by atoms with van der Waals surface area (Å²) in [6, 6.07) is 0. The quantitative estimate of drug-likeness (QED) is 0.398. The zero-order valence-electron chi connectivity index (χ0n) is 10.5. The lowest BCUT2D eigenvalue weighted by molar-refractivity contribution is -0.211. The van der Waals surface area contributed by atoms with E-state index in [-0.39, 0.29) is 17.1 Å². The first-order valence-corrected chi connectivity index (χ1v) is 6.77. The van der Waals surface area contributed by atoms with Crippen LogP contribution in [0.5, 0.6) is 0 Å². The zero-order valence-corrected chi connectivity index (χ0v) is 11.4. The molecule has 2 aromatic heterocycles. The van der Waals surface area contributed by atoms with Gasteiger partial charge in [-0.25, -0.2) is 4.98 Å². The summed E-state index contributed by atoms with van der Waals surface area (Å²) in [5, 5.41) is 0. The molecular weight excluding hydrogens is 293 g/mol. The molecule has 0 aliphatic carbocycles. The highest BCUT2D eigenvalue weighted by Gasteiger charge is 2.52. The van der Waals surface area contributed by atoms with E-state index in [2.05, 4.69) is 15.0 Å². The summed E-state index contributed by atoms with van der Waals surface area (Å²) in [6.07, 6.45) is 0.971. The molecule has 0 saturated carbocycles. The van der Waals surface area contributed by atoms with Gasteiger partial charge in [0.1, 0.15) is 6.33 Å². The highest BCUT2D eigenvalue weighted by atomic mass is 31.2. The van der Waals surface area contributed by atoms with E-state index in [1.807, 2.05) is 0 Å². The smallest absolute Gasteiger partial charge is 0.369 e. The minimum absolute atomic E-state index is 0.161. The van der Waals surface area contributed by atoms with Crippen molar-refractivity contribution in [2.75, 3.05) is 20.0 Å². The summed E-state index contributed by atoms with van der Waals surface area (Å²) in [5.74, 6) is -0.240. The third-order valence-electron chi connectivity index (χ3n) is 2.63. The van der Waals surface area contributed by atoms with Crippen molar-refractivity contribution in [3.63, 3.8) is 0 Å². The number of hydrogen-bond donors (Lipinski definition) is 4. The molecular formula is C8H12N5O6P. The molecule has 0 radical (unpaired) electrons. The number of aromatic amines is 1. The topological polar surface area (TPSA) is 166 Å². The maximum absolute atomic E-state index is 11.7. The maximum Gasteiger partial charge on any atom is 0.408 e. The van der Waals surface area contributed by atoms with E-state index in [0.717, 1.165) is 25.1 Å². The van der Waals surface area contributed by atoms with E-state index >= 15 is 0 Å². The molecule has 2 heterocycles. The van der Waals surface area contributed by atoms with E-state index in [1.54, 1.807) is 0 Å². The summed E-state index contributed by atoms with van der Waals surface area (Å²) in [7, 11) is -2.88. The third kappa shape index (κ3) is 1.92. The Hall–Kier alpha value is -1.78. The van der Waals surface area contributed by atoms with Gasteiger partial charge in [-0.3, -0.25) is 18.9 Å². The first kappa shape index (κ1) is 14.6. The molecule has 11 nitrogen and oxygen atoms in total. The highest BCUT2D eigenvalue weighted by Crippen LogP contribution is 2.55. The van der Waals surface area contributed by atoms with Gasteiger partial charge in [-0.2, -0.15) is 4.98 Å². The maximum atomic E-state index is 11.7. The lowest BCUT2D eigenvalue weighted by atomic mass is 10.5. The van der Waals surface area contributed by atoms with Crippen molar-refractivity contribution in [2.45, 2.75) is 5.65 Å². The van der Waals surface area contributed by atoms with Crippen molar-refractivity contribution in [1.29, 1.82) is 0 Å². The van der Waals surface area contributed by atoms with Crippen molar-refractivity contribution in [3.8, 4) is 0 Å². The Labute approximate surface area is 111 Å². The Balaban J connectivity index is 2.86. The second-order valence-electron chi connectivity index (χ2n) is 3.74. The standard InChI is InChI=1S/C8H12N5O6P/c1-18-8(19-2,20(15,16)17)13-3-10-4-5(13)11-7(9)12-6(4)14/h3H,1-2H3,(H2,15,16,17)(H3,9,11,12,14). The molecule has 0 bridgehead atoms. The van der Waals surface area contributed by atoms with E-state index < -0.39 is 18.8 Å². The molecule has 0 saturated heterocycles. The molecule has 0 amide bonds. The second kappa shape index (κ2) is 4.65. The van der Waals surface area contributed by atoms with Gasteiger partial charge in [-0.15, -0.1) is 0 Å². The van der Waals surface area contributed by atoms with Gasteiger partial charge in [-0.05, 0) is 0 Å². The van der Waals surface area contributed by atoms with Crippen LogP contribution in [-0.2, 0) is 19.7 Å². The van der Waals surface area contributed by atoms with Crippen molar-refractivity contribution < 1.29 is 23.8 Å². The average molecular weight is 305 g/mol. The number of fused-ring (bicyclic) bond motifs is 1. The van der Waals surface area contributed by atoms with Crippen molar-refractivity contribution >= 4 is 24.7 Å². The molecule has 0 aromatic carbocycles. The van der Waals surface area contributed by atoms with Crippen molar-refractivity contribution in [2.24, 2.45) is 0 Å². The normalized spacial score (nSPS) is 13.0. The van der Waals surface area contributed by atoms with Gasteiger partial charge in [0, 0.05) is 14.2 Å². The van der Waals surface area contributed by atoms with Gasteiger partial charge in [0.15, 0.2) is 11.2 Å². The van der Waals surface area contributed by atoms with Crippen LogP contribution < -0.4 is 11.3 Å². The molecule has 0 spiro atoms. The monoisotopic (exact) mass is 305 g/mol. The zero-order chi connectivity index (χ0) is 15.1. The molecule has 0 unspecified atom stereocenters. The highest BCUT2D eigenvalue weighted by molar-refractivity contribution is 7.52. The number of hydrogen-bond acceptors (Lipinski definition) is 7. The van der Waals surface area contributed by atoms with Crippen LogP contribution >= 0.6 is 7.60 Å². The molecule has 20 heavy (non-hydrogen) atoms. The molecule has 2 rings (SSSR count). The number of ether oxygens (including phenoxy) is 2. The van der Waals surface area contributed by atoms with Gasteiger partial charge < -0.3 is 25.0 Å². The number of imidazole rings is 1. The lowest BCUT2D eigenvalue weighted by Gasteiger charge is -2.31. The average Bonchev–Trinajstić information content (AvgIpc) is 2.74. The number of methoxy groups -OCH3 is 2. The molecule has 5 N–H and O–H groups in total. The van der Waals surface area contributed by atoms with Crippen LogP contribution in [0.3, 0.4) is 0 Å². The first-order valence-electron chi connectivity index (χ1n) is 5.16. The Morgan fingerprint density at radius 1 is 1.45 bits per heavy atom. The van der Waals surface area contributed by atoms with E-state index in [9.17, 15) is 19.1 Å². The Morgan fingerprint density at radius 2 is 2.05 bits per heavy atom. The van der Waals surface area contributed by atoms with Crippen molar-refractivity contribution in [3.05, 3.63) is 16.7 Å². The fraction of sp³-hybridized carbons (Fsp3) is 0.375. The van der Waals surface area contributed by atoms with Gasteiger partial charge in [0.2, 0.25) is 5.95 Å².